The molecule has 0 atom stereocenters. The third-order valence-corrected chi connectivity index (χ3v) is 6.38. The van der Waals surface area contributed by atoms with Crippen LogP contribution in [0.3, 0.4) is 0 Å². The molecule has 0 aliphatic carbocycles. The van der Waals surface area contributed by atoms with E-state index in [2.05, 4.69) is 6.07 Å². The van der Waals surface area contributed by atoms with Gasteiger partial charge in [-0.05, 0) is 42.7 Å². The van der Waals surface area contributed by atoms with Crippen LogP contribution in [-0.2, 0) is 17.8 Å². The van der Waals surface area contributed by atoms with Gasteiger partial charge >= 0.3 is 0 Å². The third kappa shape index (κ3) is 2.35. The van der Waals surface area contributed by atoms with E-state index in [1.54, 1.807) is 17.6 Å². The van der Waals surface area contributed by atoms with E-state index in [1.165, 1.54) is 15.8 Å². The van der Waals surface area contributed by atoms with Gasteiger partial charge in [0.1, 0.15) is 5.76 Å². The quantitative estimate of drug-likeness (QED) is 0.752. The highest BCUT2D eigenvalue weighted by Gasteiger charge is 2.27. The molecule has 3 heterocycles. The first-order valence-electron chi connectivity index (χ1n) is 7.85. The third-order valence-electron chi connectivity index (χ3n) is 4.55. The van der Waals surface area contributed by atoms with Gasteiger partial charge in [0.15, 0.2) is 0 Å². The predicted molar refractivity (Wildman–Crippen MR) is 97.4 cm³/mol. The van der Waals surface area contributed by atoms with Crippen molar-refractivity contribution in [3.05, 3.63) is 45.5 Å². The fourth-order valence-electron chi connectivity index (χ4n) is 3.34. The smallest absolute Gasteiger partial charge is 0.236 e. The Morgan fingerprint density at radius 3 is 3.04 bits per heavy atom. The van der Waals surface area contributed by atoms with Crippen LogP contribution >= 0.6 is 22.9 Å². The lowest BCUT2D eigenvalue weighted by atomic mass is 9.97. The average Bonchev–Trinajstić information content (AvgIpc) is 3.24. The minimum Gasteiger partial charge on any atom is -0.464 e. The number of furan rings is 1. The number of nitrogens with zero attached hydrogens (tertiary/aromatic N) is 1. The first-order valence-corrected chi connectivity index (χ1v) is 9.04. The van der Waals surface area contributed by atoms with Crippen LogP contribution in [0.15, 0.2) is 28.9 Å². The van der Waals surface area contributed by atoms with Crippen molar-refractivity contribution < 1.29 is 9.21 Å². The van der Waals surface area contributed by atoms with E-state index in [1.807, 2.05) is 24.0 Å². The van der Waals surface area contributed by atoms with Crippen molar-refractivity contribution in [1.29, 1.82) is 0 Å². The van der Waals surface area contributed by atoms with Crippen molar-refractivity contribution in [2.75, 3.05) is 13.1 Å². The zero-order chi connectivity index (χ0) is 16.8. The highest BCUT2D eigenvalue weighted by atomic mass is 35.5. The summed E-state index contributed by atoms with van der Waals surface area (Å²) in [5, 5.41) is 1.96. The number of hydrogen-bond donors (Lipinski definition) is 1. The first kappa shape index (κ1) is 15.7. The fraction of sp³-hybridized carbons (Fsp3) is 0.278. The Labute approximate surface area is 148 Å². The number of hydrogen-bond acceptors (Lipinski definition) is 4. The lowest BCUT2D eigenvalue weighted by Gasteiger charge is -2.26. The zero-order valence-corrected chi connectivity index (χ0v) is 14.8. The molecule has 6 heteroatoms. The summed E-state index contributed by atoms with van der Waals surface area (Å²) in [5.41, 5.74) is 8.90. The molecule has 1 aliphatic heterocycles. The second-order valence-corrected chi connectivity index (χ2v) is 7.49. The number of thiophene rings is 1. The van der Waals surface area contributed by atoms with Crippen LogP contribution in [0.4, 0.5) is 0 Å². The van der Waals surface area contributed by atoms with Crippen molar-refractivity contribution in [2.24, 2.45) is 5.73 Å². The van der Waals surface area contributed by atoms with Gasteiger partial charge in [0.2, 0.25) is 5.91 Å². The fourth-order valence-corrected chi connectivity index (χ4v) is 4.99. The van der Waals surface area contributed by atoms with Crippen molar-refractivity contribution in [1.82, 2.24) is 4.90 Å². The SMILES string of the molecule is Cc1cc(-c2ccco2)c2c3c(sc2c1Cl)CN(C(=O)CN)CC3. The summed E-state index contributed by atoms with van der Waals surface area (Å²) < 4.78 is 6.72. The number of carbonyl (C=O) groups excluding carboxylic acids is 1. The second kappa shape index (κ2) is 5.92. The Kier molecular flexibility index (Phi) is 3.87. The van der Waals surface area contributed by atoms with Gasteiger partial charge in [0, 0.05) is 22.4 Å². The van der Waals surface area contributed by atoms with Crippen molar-refractivity contribution >= 4 is 38.9 Å². The van der Waals surface area contributed by atoms with E-state index < -0.39 is 0 Å². The molecular formula is C18H17ClN2O2S. The molecule has 4 rings (SSSR count). The van der Waals surface area contributed by atoms with Gasteiger partial charge in [-0.3, -0.25) is 4.79 Å². The summed E-state index contributed by atoms with van der Waals surface area (Å²) in [6, 6.07) is 5.96. The monoisotopic (exact) mass is 360 g/mol. The Balaban J connectivity index is 1.93. The molecule has 0 radical (unpaired) electrons. The molecular weight excluding hydrogens is 344 g/mol. The maximum atomic E-state index is 11.9. The number of rotatable bonds is 2. The van der Waals surface area contributed by atoms with E-state index in [4.69, 9.17) is 21.8 Å². The van der Waals surface area contributed by atoms with Crippen LogP contribution < -0.4 is 5.73 Å². The lowest BCUT2D eigenvalue weighted by Crippen LogP contribution is -2.39. The van der Waals surface area contributed by atoms with Gasteiger partial charge in [0.25, 0.3) is 0 Å². The topological polar surface area (TPSA) is 59.5 Å². The molecule has 0 saturated carbocycles. The van der Waals surface area contributed by atoms with Crippen LogP contribution in [0.1, 0.15) is 16.0 Å². The van der Waals surface area contributed by atoms with Gasteiger partial charge in [-0.2, -0.15) is 0 Å². The minimum atomic E-state index is -0.00774. The number of fused-ring (bicyclic) bond motifs is 3. The average molecular weight is 361 g/mol. The van der Waals surface area contributed by atoms with E-state index in [9.17, 15) is 4.79 Å². The van der Waals surface area contributed by atoms with Gasteiger partial charge < -0.3 is 15.1 Å². The standard InChI is InChI=1S/C18H17ClN2O2S/c1-10-7-12(13-3-2-6-23-13)16-11-4-5-21(15(22)8-20)9-14(11)24-18(16)17(10)19/h2-3,6-7H,4-5,8-9,20H2,1H3. The Morgan fingerprint density at radius 1 is 1.50 bits per heavy atom. The largest absolute Gasteiger partial charge is 0.464 e. The molecule has 0 saturated heterocycles. The van der Waals surface area contributed by atoms with Gasteiger partial charge in [0.05, 0.1) is 29.1 Å². The molecule has 0 unspecified atom stereocenters. The van der Waals surface area contributed by atoms with E-state index in [0.717, 1.165) is 33.0 Å². The van der Waals surface area contributed by atoms with Gasteiger partial charge in [-0.1, -0.05) is 11.6 Å². The van der Waals surface area contributed by atoms with Gasteiger partial charge in [-0.15, -0.1) is 11.3 Å². The van der Waals surface area contributed by atoms with Gasteiger partial charge in [-0.25, -0.2) is 0 Å². The molecule has 1 aliphatic rings. The Morgan fingerprint density at radius 2 is 2.33 bits per heavy atom. The Hall–Kier alpha value is -1.82. The van der Waals surface area contributed by atoms with E-state index >= 15 is 0 Å². The van der Waals surface area contributed by atoms with Crippen molar-refractivity contribution in [2.45, 2.75) is 19.9 Å². The number of aryl methyl sites for hydroxylation is 1. The van der Waals surface area contributed by atoms with E-state index in [0.29, 0.717) is 13.1 Å². The number of amides is 1. The zero-order valence-electron chi connectivity index (χ0n) is 13.3. The minimum absolute atomic E-state index is 0.00774. The first-order chi connectivity index (χ1) is 11.6. The normalized spacial score (nSPS) is 14.2. The summed E-state index contributed by atoms with van der Waals surface area (Å²) in [4.78, 5) is 14.9. The molecule has 0 spiro atoms. The summed E-state index contributed by atoms with van der Waals surface area (Å²) in [5.74, 6) is 0.840. The molecule has 0 fully saturated rings. The van der Waals surface area contributed by atoms with Crippen molar-refractivity contribution in [3.63, 3.8) is 0 Å². The van der Waals surface area contributed by atoms with Crippen LogP contribution in [0, 0.1) is 6.92 Å². The second-order valence-electron chi connectivity index (χ2n) is 6.01. The number of nitrogens with two attached hydrogens (primary N) is 1. The molecule has 124 valence electrons. The summed E-state index contributed by atoms with van der Waals surface area (Å²) in [6.45, 7) is 3.37. The number of carbonyl (C=O) groups is 1. The summed E-state index contributed by atoms with van der Waals surface area (Å²) in [6.07, 6.45) is 2.50. The van der Waals surface area contributed by atoms with Crippen LogP contribution in [0.5, 0.6) is 0 Å². The maximum Gasteiger partial charge on any atom is 0.236 e. The van der Waals surface area contributed by atoms with Crippen LogP contribution in [0.25, 0.3) is 21.4 Å². The molecule has 3 aromatic rings. The number of halogens is 1. The Bertz CT molecular complexity index is 931. The molecule has 2 N–H and O–H groups in total. The van der Waals surface area contributed by atoms with Crippen molar-refractivity contribution in [3.8, 4) is 11.3 Å². The van der Waals surface area contributed by atoms with Crippen LogP contribution in [0.2, 0.25) is 5.02 Å². The highest BCUT2D eigenvalue weighted by molar-refractivity contribution is 7.20. The molecule has 1 amide bonds. The highest BCUT2D eigenvalue weighted by Crippen LogP contribution is 2.45. The lowest BCUT2D eigenvalue weighted by molar-refractivity contribution is -0.130. The molecule has 0 bridgehead atoms. The molecule has 24 heavy (non-hydrogen) atoms. The predicted octanol–water partition coefficient (Wildman–Crippen LogP) is 3.97. The molecule has 4 nitrogen and oxygen atoms in total. The summed E-state index contributed by atoms with van der Waals surface area (Å²) >= 11 is 8.26. The molecule has 1 aromatic carbocycles. The number of benzene rings is 1. The maximum absolute atomic E-state index is 11.9. The summed E-state index contributed by atoms with van der Waals surface area (Å²) in [7, 11) is 0. The molecule has 2 aromatic heterocycles. The van der Waals surface area contributed by atoms with E-state index in [-0.39, 0.29) is 12.5 Å². The van der Waals surface area contributed by atoms with Crippen LogP contribution in [-0.4, -0.2) is 23.9 Å².